The number of β-amino-alcohol motifs (C(OH)–C–C–N with tert-alkyl or cyclic N) is 1. The Bertz CT molecular complexity index is 1540. The van der Waals surface area contributed by atoms with Crippen LogP contribution >= 0.6 is 0 Å². The number of urea groups is 1. The van der Waals surface area contributed by atoms with Gasteiger partial charge in [0, 0.05) is 69.3 Å². The molecule has 0 aromatic carbocycles. The van der Waals surface area contributed by atoms with Crippen LogP contribution in [0.1, 0.15) is 47.5 Å². The van der Waals surface area contributed by atoms with Crippen LogP contribution in [0.4, 0.5) is 35.9 Å². The fourth-order valence-electron chi connectivity index (χ4n) is 5.33. The Morgan fingerprint density at radius 2 is 1.36 bits per heavy atom. The van der Waals surface area contributed by atoms with E-state index in [0.717, 1.165) is 24.5 Å². The molecule has 3 aromatic rings. The summed E-state index contributed by atoms with van der Waals surface area (Å²) < 4.78 is 79.6. The second kappa shape index (κ2) is 13.0. The molecule has 0 spiro atoms. The highest BCUT2D eigenvalue weighted by Gasteiger charge is 2.35. The summed E-state index contributed by atoms with van der Waals surface area (Å²) in [6.45, 7) is 1.88. The second-order valence-corrected chi connectivity index (χ2v) is 10.9. The topological polar surface area (TPSA) is 98.7 Å². The molecule has 3 amide bonds. The number of aliphatic hydroxyl groups is 1. The number of amides is 3. The molecule has 1 saturated heterocycles. The molecule has 0 radical (unpaired) electrons. The van der Waals surface area contributed by atoms with Gasteiger partial charge in [-0.15, -0.1) is 0 Å². The van der Waals surface area contributed by atoms with Gasteiger partial charge < -0.3 is 14.9 Å². The van der Waals surface area contributed by atoms with Crippen LogP contribution in [0.3, 0.4) is 0 Å². The van der Waals surface area contributed by atoms with Crippen LogP contribution in [0, 0.1) is 0 Å². The Morgan fingerprint density at radius 3 is 1.78 bits per heavy atom. The molecule has 1 atom stereocenters. The van der Waals surface area contributed by atoms with Gasteiger partial charge in [0.05, 0.1) is 30.8 Å². The zero-order chi connectivity index (χ0) is 31.8. The largest absolute Gasteiger partial charge is 0.417 e. The number of aliphatic hydroxyl groups excluding tert-OH is 1. The third kappa shape index (κ3) is 7.72. The number of aromatic nitrogens is 4. The first kappa shape index (κ1) is 33.7. The van der Waals surface area contributed by atoms with Crippen LogP contribution in [-0.4, -0.2) is 78.7 Å². The average Bonchev–Trinajstić information content (AvgIpc) is 3.62. The predicted molar refractivity (Wildman–Crippen MR) is 147 cm³/mol. The molecule has 244 valence electrons. The van der Waals surface area contributed by atoms with E-state index in [0.29, 0.717) is 61.4 Å². The first-order valence-corrected chi connectivity index (χ1v) is 13.8. The molecule has 1 fully saturated rings. The van der Waals surface area contributed by atoms with E-state index in [-0.39, 0.29) is 39.1 Å². The maximum absolute atomic E-state index is 12.8. The highest BCUT2D eigenvalue weighted by molar-refractivity contribution is 5.77. The molecular weight excluding hydrogens is 608 g/mol. The third-order valence-electron chi connectivity index (χ3n) is 7.70. The second-order valence-electron chi connectivity index (χ2n) is 10.9. The summed E-state index contributed by atoms with van der Waals surface area (Å²) in [6.07, 6.45) is -1.31. The lowest BCUT2D eigenvalue weighted by Crippen LogP contribution is -2.44. The first-order valence-electron chi connectivity index (χ1n) is 13.8. The highest BCUT2D eigenvalue weighted by Crippen LogP contribution is 2.32. The van der Waals surface area contributed by atoms with E-state index in [1.165, 1.54) is 19.3 Å². The molecule has 16 heteroatoms. The molecule has 3 aliphatic rings. The summed E-state index contributed by atoms with van der Waals surface area (Å²) in [4.78, 5) is 37.0. The Kier molecular flexibility index (Phi) is 9.75. The number of likely N-dealkylation sites (tertiary alicyclic amines) is 1. The zero-order valence-corrected chi connectivity index (χ0v) is 23.6. The maximum atomic E-state index is 12.8. The lowest BCUT2D eigenvalue weighted by Gasteiger charge is -2.32. The summed E-state index contributed by atoms with van der Waals surface area (Å²) in [6, 6.07) is 1.65. The van der Waals surface area contributed by atoms with Gasteiger partial charge in [-0.1, -0.05) is 7.43 Å². The van der Waals surface area contributed by atoms with Crippen molar-refractivity contribution >= 4 is 12.1 Å². The molecule has 0 bridgehead atoms. The van der Waals surface area contributed by atoms with Crippen molar-refractivity contribution in [3.63, 3.8) is 0 Å². The minimum absolute atomic E-state index is 0. The van der Waals surface area contributed by atoms with E-state index < -0.39 is 29.6 Å². The summed E-state index contributed by atoms with van der Waals surface area (Å²) in [5.74, 6) is 0. The van der Waals surface area contributed by atoms with Gasteiger partial charge in [0.1, 0.15) is 12.4 Å². The molecule has 1 N–H and O–H groups in total. The van der Waals surface area contributed by atoms with Gasteiger partial charge >= 0.3 is 24.4 Å². The quantitative estimate of drug-likeness (QED) is 0.295. The molecular formula is C29H34F6N7O3+. The van der Waals surface area contributed by atoms with Crippen LogP contribution in [-0.2, 0) is 45.3 Å². The number of pyridine rings is 2. The Hall–Kier alpha value is -4.21. The molecule has 3 aromatic heterocycles. The zero-order valence-electron chi connectivity index (χ0n) is 23.6. The van der Waals surface area contributed by atoms with Gasteiger partial charge in [0.2, 0.25) is 0 Å². The monoisotopic (exact) mass is 642 g/mol. The number of carbonyl (C=O) groups excluding carboxylic acids is 2. The standard InChI is InChI=1S/C14H14F3N4O.C14H16F3N3O2.CH4/c1-19-4-5-21(9-19)13(22)20-3-2-12-10(8-20)6-11(7-18-12)14(15,16)17;15-14(16,17)10-5-9-7-19(4-2-12(9)18-6-10)13(22)20-3-1-11(21)8-20;/h4-7,9H,2-3,8H2,1H3;5-6,11,21H,1-4,7-8H2;1H4/q+1;;. The maximum Gasteiger partial charge on any atom is 0.417 e. The number of halogens is 6. The van der Waals surface area contributed by atoms with Gasteiger partial charge in [-0.05, 0) is 29.7 Å². The van der Waals surface area contributed by atoms with E-state index in [9.17, 15) is 41.0 Å². The van der Waals surface area contributed by atoms with Crippen molar-refractivity contribution in [2.24, 2.45) is 7.05 Å². The van der Waals surface area contributed by atoms with Crippen molar-refractivity contribution in [3.8, 4) is 0 Å². The number of rotatable bonds is 0. The number of hydrogen-bond acceptors (Lipinski definition) is 5. The molecule has 0 aliphatic carbocycles. The van der Waals surface area contributed by atoms with Crippen LogP contribution in [0.2, 0.25) is 0 Å². The van der Waals surface area contributed by atoms with Crippen LogP contribution in [0.25, 0.3) is 0 Å². The minimum Gasteiger partial charge on any atom is -0.391 e. The van der Waals surface area contributed by atoms with Crippen molar-refractivity contribution < 1.29 is 45.6 Å². The number of hydrogen-bond donors (Lipinski definition) is 1. The SMILES string of the molecule is C.C[n+]1ccn(C(=O)N2CCc3ncc(C(F)(F)F)cc3C2)c1.O=C(N1CCc2ncc(C(F)(F)F)cc2C1)N1CCC(O)C1. The average molecular weight is 643 g/mol. The number of carbonyl (C=O) groups is 2. The van der Waals surface area contributed by atoms with Crippen molar-refractivity contribution in [2.75, 3.05) is 26.2 Å². The number of nitrogens with zero attached hydrogens (tertiary/aromatic N) is 7. The van der Waals surface area contributed by atoms with Crippen LogP contribution in [0.5, 0.6) is 0 Å². The van der Waals surface area contributed by atoms with Gasteiger partial charge in [-0.2, -0.15) is 30.9 Å². The Morgan fingerprint density at radius 1 is 0.844 bits per heavy atom. The fourth-order valence-corrected chi connectivity index (χ4v) is 5.33. The molecule has 1 unspecified atom stereocenters. The van der Waals surface area contributed by atoms with E-state index in [1.807, 2.05) is 0 Å². The fraction of sp³-hybridized carbons (Fsp3) is 0.483. The summed E-state index contributed by atoms with van der Waals surface area (Å²) in [5, 5.41) is 9.48. The van der Waals surface area contributed by atoms with Crippen molar-refractivity contribution in [1.82, 2.24) is 29.2 Å². The van der Waals surface area contributed by atoms with Crippen molar-refractivity contribution in [1.29, 1.82) is 0 Å². The van der Waals surface area contributed by atoms with E-state index in [2.05, 4.69) is 9.97 Å². The number of fused-ring (bicyclic) bond motifs is 2. The molecule has 6 heterocycles. The molecule has 3 aliphatic heterocycles. The van der Waals surface area contributed by atoms with Gasteiger partial charge in [0.15, 0.2) is 0 Å². The van der Waals surface area contributed by atoms with Gasteiger partial charge in [0.25, 0.3) is 6.33 Å². The van der Waals surface area contributed by atoms with Crippen LogP contribution in [0.15, 0.2) is 43.2 Å². The first-order chi connectivity index (χ1) is 20.7. The number of aryl methyl sites for hydroxylation is 1. The Balaban J connectivity index is 0.000000200. The normalized spacial score (nSPS) is 18.0. The molecule has 0 saturated carbocycles. The lowest BCUT2D eigenvalue weighted by atomic mass is 10.0. The number of imidazole rings is 1. The smallest absolute Gasteiger partial charge is 0.391 e. The van der Waals surface area contributed by atoms with Crippen molar-refractivity contribution in [3.05, 3.63) is 76.9 Å². The third-order valence-corrected chi connectivity index (χ3v) is 7.70. The molecule has 10 nitrogen and oxygen atoms in total. The van der Waals surface area contributed by atoms with E-state index in [4.69, 9.17) is 0 Å². The lowest BCUT2D eigenvalue weighted by molar-refractivity contribution is -0.670. The van der Waals surface area contributed by atoms with E-state index >= 15 is 0 Å². The van der Waals surface area contributed by atoms with Crippen molar-refractivity contribution in [2.45, 2.75) is 58.2 Å². The Labute approximate surface area is 255 Å². The predicted octanol–water partition coefficient (Wildman–Crippen LogP) is 4.03. The minimum atomic E-state index is -4.44. The van der Waals surface area contributed by atoms with Crippen LogP contribution < -0.4 is 4.57 Å². The molecule has 45 heavy (non-hydrogen) atoms. The van der Waals surface area contributed by atoms with Gasteiger partial charge in [-0.25, -0.2) is 14.2 Å². The molecule has 6 rings (SSSR count). The van der Waals surface area contributed by atoms with Gasteiger partial charge in [-0.3, -0.25) is 14.9 Å². The van der Waals surface area contributed by atoms with E-state index in [1.54, 1.807) is 30.3 Å². The summed E-state index contributed by atoms with van der Waals surface area (Å²) in [7, 11) is 1.79. The summed E-state index contributed by atoms with van der Waals surface area (Å²) >= 11 is 0. The summed E-state index contributed by atoms with van der Waals surface area (Å²) in [5.41, 5.74) is 0.541. The number of alkyl halides is 6. The highest BCUT2D eigenvalue weighted by atomic mass is 19.4.